The van der Waals surface area contributed by atoms with Crippen molar-refractivity contribution in [3.63, 3.8) is 0 Å². The zero-order valence-electron chi connectivity index (χ0n) is 15.7. The van der Waals surface area contributed by atoms with Gasteiger partial charge >= 0.3 is 0 Å². The molecule has 1 unspecified atom stereocenters. The molecule has 1 aromatic heterocycles. The zero-order chi connectivity index (χ0) is 19.3. The molecule has 2 saturated heterocycles. The molecule has 0 spiro atoms. The maximum atomic E-state index is 12.1. The standard InChI is InChI=1S/C17H28N4O5S/c1-27(23,24)20-7-2-3-15(11-20)21(14-4-9-25-10-5-14)8-6-18-17(22)16-12-26-13-19-16/h12-15H,2-11H2,1H3,(H,18,22). The number of nitrogens with one attached hydrogen (secondary N) is 1. The SMILES string of the molecule is CS(=O)(=O)N1CCCC(N(CCNC(=O)c2cocn2)C2CCOCC2)C1. The summed E-state index contributed by atoms with van der Waals surface area (Å²) in [7, 11) is -3.19. The molecule has 1 atom stereocenters. The predicted molar refractivity (Wildman–Crippen MR) is 98.8 cm³/mol. The van der Waals surface area contributed by atoms with Crippen LogP contribution in [0.15, 0.2) is 17.1 Å². The van der Waals surface area contributed by atoms with Crippen LogP contribution in [0, 0.1) is 0 Å². The Morgan fingerprint density at radius 1 is 1.33 bits per heavy atom. The topological polar surface area (TPSA) is 105 Å². The average Bonchev–Trinajstić information content (AvgIpc) is 3.20. The van der Waals surface area contributed by atoms with Crippen LogP contribution in [0.1, 0.15) is 36.2 Å². The van der Waals surface area contributed by atoms with Crippen molar-refractivity contribution in [2.45, 2.75) is 37.8 Å². The van der Waals surface area contributed by atoms with Gasteiger partial charge in [-0.15, -0.1) is 0 Å². The molecule has 9 nitrogen and oxygen atoms in total. The molecule has 0 aliphatic carbocycles. The van der Waals surface area contributed by atoms with E-state index >= 15 is 0 Å². The second-order valence-electron chi connectivity index (χ2n) is 7.13. The highest BCUT2D eigenvalue weighted by molar-refractivity contribution is 7.88. The van der Waals surface area contributed by atoms with Crippen LogP contribution in [0.5, 0.6) is 0 Å². The molecule has 0 aromatic carbocycles. The summed E-state index contributed by atoms with van der Waals surface area (Å²) in [4.78, 5) is 18.3. The number of amides is 1. The van der Waals surface area contributed by atoms with Crippen LogP contribution >= 0.6 is 0 Å². The molecule has 0 radical (unpaired) electrons. The zero-order valence-corrected chi connectivity index (χ0v) is 16.5. The van der Waals surface area contributed by atoms with Gasteiger partial charge in [-0.2, -0.15) is 0 Å². The van der Waals surface area contributed by atoms with Gasteiger partial charge in [-0.25, -0.2) is 17.7 Å². The molecule has 2 aliphatic heterocycles. The Labute approximate surface area is 160 Å². The van der Waals surface area contributed by atoms with Crippen molar-refractivity contribution in [3.8, 4) is 0 Å². The first-order valence-corrected chi connectivity index (χ1v) is 11.2. The lowest BCUT2D eigenvalue weighted by atomic mass is 9.99. The first-order valence-electron chi connectivity index (χ1n) is 9.40. The molecule has 1 aromatic rings. The number of carbonyl (C=O) groups excluding carboxylic acids is 1. The third-order valence-corrected chi connectivity index (χ3v) is 6.55. The van der Waals surface area contributed by atoms with E-state index in [2.05, 4.69) is 15.2 Å². The highest BCUT2D eigenvalue weighted by atomic mass is 32.2. The summed E-state index contributed by atoms with van der Waals surface area (Å²) in [5.74, 6) is -0.267. The average molecular weight is 401 g/mol. The molecule has 152 valence electrons. The van der Waals surface area contributed by atoms with Crippen LogP contribution in [-0.2, 0) is 14.8 Å². The minimum Gasteiger partial charge on any atom is -0.451 e. The van der Waals surface area contributed by atoms with Crippen molar-refractivity contribution >= 4 is 15.9 Å². The van der Waals surface area contributed by atoms with E-state index in [1.54, 1.807) is 4.31 Å². The maximum Gasteiger partial charge on any atom is 0.273 e. The second-order valence-corrected chi connectivity index (χ2v) is 9.11. The number of carbonyl (C=O) groups is 1. The van der Waals surface area contributed by atoms with Gasteiger partial charge in [-0.3, -0.25) is 9.69 Å². The van der Waals surface area contributed by atoms with Gasteiger partial charge in [0.25, 0.3) is 5.91 Å². The predicted octanol–water partition coefficient (Wildman–Crippen LogP) is 0.309. The fourth-order valence-electron chi connectivity index (χ4n) is 3.89. The molecular weight excluding hydrogens is 372 g/mol. The smallest absolute Gasteiger partial charge is 0.273 e. The molecule has 1 amide bonds. The highest BCUT2D eigenvalue weighted by Crippen LogP contribution is 2.24. The van der Waals surface area contributed by atoms with Crippen molar-refractivity contribution in [3.05, 3.63) is 18.4 Å². The van der Waals surface area contributed by atoms with Crippen LogP contribution in [0.3, 0.4) is 0 Å². The summed E-state index contributed by atoms with van der Waals surface area (Å²) in [5, 5.41) is 2.87. The van der Waals surface area contributed by atoms with Gasteiger partial charge in [0.05, 0.1) is 6.26 Å². The van der Waals surface area contributed by atoms with Crippen molar-refractivity contribution in [1.82, 2.24) is 19.5 Å². The lowest BCUT2D eigenvalue weighted by Crippen LogP contribution is -2.55. The monoisotopic (exact) mass is 400 g/mol. The van der Waals surface area contributed by atoms with E-state index in [4.69, 9.17) is 9.15 Å². The van der Waals surface area contributed by atoms with E-state index in [9.17, 15) is 13.2 Å². The van der Waals surface area contributed by atoms with Gasteiger partial charge < -0.3 is 14.5 Å². The molecule has 27 heavy (non-hydrogen) atoms. The van der Waals surface area contributed by atoms with Crippen LogP contribution in [0.4, 0.5) is 0 Å². The third-order valence-electron chi connectivity index (χ3n) is 5.28. The molecule has 0 saturated carbocycles. The summed E-state index contributed by atoms with van der Waals surface area (Å²) in [6, 6.07) is 0.493. The molecule has 2 fully saturated rings. The Balaban J connectivity index is 1.62. The largest absolute Gasteiger partial charge is 0.451 e. The van der Waals surface area contributed by atoms with E-state index in [0.717, 1.165) is 38.9 Å². The number of oxazole rings is 1. The van der Waals surface area contributed by atoms with Gasteiger partial charge in [-0.1, -0.05) is 0 Å². The lowest BCUT2D eigenvalue weighted by Gasteiger charge is -2.43. The van der Waals surface area contributed by atoms with E-state index in [1.807, 2.05) is 0 Å². The van der Waals surface area contributed by atoms with Gasteiger partial charge in [0.1, 0.15) is 6.26 Å². The van der Waals surface area contributed by atoms with E-state index in [-0.39, 0.29) is 17.6 Å². The van der Waals surface area contributed by atoms with E-state index < -0.39 is 10.0 Å². The number of aromatic nitrogens is 1. The Hall–Kier alpha value is -1.49. The minimum atomic E-state index is -3.19. The number of ether oxygens (including phenoxy) is 1. The van der Waals surface area contributed by atoms with Crippen molar-refractivity contribution in [2.75, 3.05) is 45.6 Å². The molecule has 0 bridgehead atoms. The lowest BCUT2D eigenvalue weighted by molar-refractivity contribution is 0.00672. The number of hydrogen-bond acceptors (Lipinski definition) is 7. The van der Waals surface area contributed by atoms with Crippen LogP contribution in [0.25, 0.3) is 0 Å². The normalized spacial score (nSPS) is 22.8. The number of sulfonamides is 1. The molecule has 1 N–H and O–H groups in total. The molecule has 3 rings (SSSR count). The molecule has 3 heterocycles. The summed E-state index contributed by atoms with van der Waals surface area (Å²) in [6.45, 7) is 3.66. The fourth-order valence-corrected chi connectivity index (χ4v) is 4.79. The Kier molecular flexibility index (Phi) is 6.85. The molecule has 10 heteroatoms. The number of hydrogen-bond donors (Lipinski definition) is 1. The van der Waals surface area contributed by atoms with Crippen molar-refractivity contribution < 1.29 is 22.4 Å². The van der Waals surface area contributed by atoms with Crippen molar-refractivity contribution in [2.24, 2.45) is 0 Å². The Bertz CT molecular complexity index is 703. The first kappa shape index (κ1) is 20.2. The van der Waals surface area contributed by atoms with E-state index in [1.165, 1.54) is 18.9 Å². The van der Waals surface area contributed by atoms with Crippen LogP contribution in [-0.4, -0.2) is 86.2 Å². The van der Waals surface area contributed by atoms with Gasteiger partial charge in [0, 0.05) is 51.5 Å². The van der Waals surface area contributed by atoms with Crippen LogP contribution in [0.2, 0.25) is 0 Å². The summed E-state index contributed by atoms with van der Waals surface area (Å²) in [5.41, 5.74) is 0.258. The minimum absolute atomic E-state index is 0.153. The molecular formula is C17H28N4O5S. The maximum absolute atomic E-state index is 12.1. The Morgan fingerprint density at radius 2 is 2.11 bits per heavy atom. The summed E-state index contributed by atoms with van der Waals surface area (Å²) in [6.07, 6.45) is 7.47. The first-order chi connectivity index (χ1) is 12.9. The fraction of sp³-hybridized carbons (Fsp3) is 0.765. The number of piperidine rings is 1. The highest BCUT2D eigenvalue weighted by Gasteiger charge is 2.33. The third kappa shape index (κ3) is 5.50. The summed E-state index contributed by atoms with van der Waals surface area (Å²) >= 11 is 0. The molecule has 2 aliphatic rings. The summed E-state index contributed by atoms with van der Waals surface area (Å²) < 4.78 is 35.9. The van der Waals surface area contributed by atoms with E-state index in [0.29, 0.717) is 32.2 Å². The van der Waals surface area contributed by atoms with Crippen LogP contribution < -0.4 is 5.32 Å². The van der Waals surface area contributed by atoms with Gasteiger partial charge in [-0.05, 0) is 25.7 Å². The quantitative estimate of drug-likeness (QED) is 0.702. The number of nitrogens with zero attached hydrogens (tertiary/aromatic N) is 3. The number of rotatable bonds is 7. The van der Waals surface area contributed by atoms with Crippen molar-refractivity contribution in [1.29, 1.82) is 0 Å². The van der Waals surface area contributed by atoms with Gasteiger partial charge in [0.15, 0.2) is 12.1 Å². The second kappa shape index (κ2) is 9.13. The Morgan fingerprint density at radius 3 is 2.78 bits per heavy atom. The van der Waals surface area contributed by atoms with Gasteiger partial charge in [0.2, 0.25) is 10.0 Å².